The zero-order chi connectivity index (χ0) is 11.1. The van der Waals surface area contributed by atoms with Gasteiger partial charge in [-0.15, -0.1) is 0 Å². The van der Waals surface area contributed by atoms with Gasteiger partial charge in [-0.25, -0.2) is 4.57 Å². The number of nitrogens with one attached hydrogen (secondary N) is 1. The molecule has 2 aromatic rings. The normalized spacial score (nSPS) is 11.9. The summed E-state index contributed by atoms with van der Waals surface area (Å²) in [5.74, 6) is 0.141. The molecule has 0 spiro atoms. The van der Waals surface area contributed by atoms with E-state index in [0.717, 1.165) is 5.52 Å². The van der Waals surface area contributed by atoms with Gasteiger partial charge >= 0.3 is 7.82 Å². The van der Waals surface area contributed by atoms with Crippen molar-refractivity contribution in [1.29, 1.82) is 0 Å². The Hall–Kier alpha value is -0.810. The molecule has 0 aliphatic rings. The first kappa shape index (κ1) is 10.7. The maximum atomic E-state index is 10.8. The van der Waals surface area contributed by atoms with E-state index in [9.17, 15) is 4.57 Å². The van der Waals surface area contributed by atoms with Crippen molar-refractivity contribution in [2.75, 3.05) is 0 Å². The van der Waals surface area contributed by atoms with E-state index in [1.165, 1.54) is 0 Å². The zero-order valence-electron chi connectivity index (χ0n) is 7.35. The number of fused-ring (bicyclic) bond motifs is 1. The smallest absolute Gasteiger partial charge is 0.402 e. The van der Waals surface area contributed by atoms with E-state index in [-0.39, 0.29) is 5.75 Å². The molecule has 3 N–H and O–H groups in total. The molecule has 1 heterocycles. The number of halogens is 1. The Morgan fingerprint density at radius 3 is 2.73 bits per heavy atom. The van der Waals surface area contributed by atoms with E-state index in [1.54, 1.807) is 24.4 Å². The van der Waals surface area contributed by atoms with Gasteiger partial charge in [-0.05, 0) is 34.1 Å². The minimum absolute atomic E-state index is 0.141. The molecule has 80 valence electrons. The predicted molar refractivity (Wildman–Crippen MR) is 58.7 cm³/mol. The van der Waals surface area contributed by atoms with Gasteiger partial charge in [-0.1, -0.05) is 0 Å². The maximum absolute atomic E-state index is 10.8. The SMILES string of the molecule is O=P(O)(O)Oc1c(Br)ccc2[nH]ccc12. The quantitative estimate of drug-likeness (QED) is 0.742. The first-order chi connectivity index (χ1) is 6.97. The van der Waals surface area contributed by atoms with Crippen molar-refractivity contribution < 1.29 is 18.9 Å². The average Bonchev–Trinajstić information content (AvgIpc) is 2.56. The van der Waals surface area contributed by atoms with Gasteiger partial charge in [-0.3, -0.25) is 9.79 Å². The number of rotatable bonds is 2. The lowest BCUT2D eigenvalue weighted by Gasteiger charge is -2.09. The van der Waals surface area contributed by atoms with Gasteiger partial charge in [-0.2, -0.15) is 0 Å². The van der Waals surface area contributed by atoms with Crippen molar-refractivity contribution in [1.82, 2.24) is 4.98 Å². The molecule has 15 heavy (non-hydrogen) atoms. The Labute approximate surface area is 93.4 Å². The number of hydrogen-bond donors (Lipinski definition) is 3. The van der Waals surface area contributed by atoms with E-state index in [0.29, 0.717) is 9.86 Å². The third-order valence-corrected chi connectivity index (χ3v) is 2.89. The Balaban J connectivity index is 2.61. The van der Waals surface area contributed by atoms with Crippen LogP contribution in [0.15, 0.2) is 28.9 Å². The lowest BCUT2D eigenvalue weighted by molar-refractivity contribution is 0.284. The molecule has 0 aliphatic heterocycles. The van der Waals surface area contributed by atoms with E-state index in [1.807, 2.05) is 0 Å². The third kappa shape index (κ3) is 2.23. The zero-order valence-corrected chi connectivity index (χ0v) is 9.83. The minimum Gasteiger partial charge on any atom is -0.402 e. The monoisotopic (exact) mass is 291 g/mol. The summed E-state index contributed by atoms with van der Waals surface area (Å²) in [6, 6.07) is 5.13. The topological polar surface area (TPSA) is 82.6 Å². The Bertz CT molecular complexity index is 547. The molecular formula is C8H7BrNO4P. The van der Waals surface area contributed by atoms with Gasteiger partial charge in [0.25, 0.3) is 0 Å². The van der Waals surface area contributed by atoms with Crippen LogP contribution in [0.2, 0.25) is 0 Å². The highest BCUT2D eigenvalue weighted by Crippen LogP contribution is 2.44. The van der Waals surface area contributed by atoms with Crippen molar-refractivity contribution in [3.63, 3.8) is 0 Å². The second kappa shape index (κ2) is 3.64. The molecule has 0 atom stereocenters. The van der Waals surface area contributed by atoms with Crippen LogP contribution in [-0.2, 0) is 4.57 Å². The number of phosphoric ester groups is 1. The Morgan fingerprint density at radius 2 is 2.07 bits per heavy atom. The molecule has 1 aromatic heterocycles. The fourth-order valence-electron chi connectivity index (χ4n) is 1.29. The van der Waals surface area contributed by atoms with Crippen LogP contribution < -0.4 is 4.52 Å². The number of hydrogen-bond acceptors (Lipinski definition) is 2. The van der Waals surface area contributed by atoms with Crippen LogP contribution in [0.25, 0.3) is 10.9 Å². The second-order valence-electron chi connectivity index (χ2n) is 2.90. The Kier molecular flexibility index (Phi) is 2.60. The van der Waals surface area contributed by atoms with Gasteiger partial charge in [0.1, 0.15) is 0 Å². The van der Waals surface area contributed by atoms with Crippen LogP contribution in [0, 0.1) is 0 Å². The summed E-state index contributed by atoms with van der Waals surface area (Å²) in [7, 11) is -4.54. The van der Waals surface area contributed by atoms with Gasteiger partial charge < -0.3 is 9.51 Å². The molecular weight excluding hydrogens is 285 g/mol. The van der Waals surface area contributed by atoms with E-state index in [2.05, 4.69) is 25.4 Å². The number of aromatic amines is 1. The van der Waals surface area contributed by atoms with Crippen LogP contribution in [0.3, 0.4) is 0 Å². The van der Waals surface area contributed by atoms with Gasteiger partial charge in [0.15, 0.2) is 5.75 Å². The summed E-state index contributed by atoms with van der Waals surface area (Å²) >= 11 is 3.17. The maximum Gasteiger partial charge on any atom is 0.524 e. The molecule has 0 unspecified atom stereocenters. The summed E-state index contributed by atoms with van der Waals surface area (Å²) in [5.41, 5.74) is 0.752. The lowest BCUT2D eigenvalue weighted by atomic mass is 10.2. The number of phosphoric acid groups is 1. The van der Waals surface area contributed by atoms with Crippen LogP contribution in [0.1, 0.15) is 0 Å². The van der Waals surface area contributed by atoms with Crippen molar-refractivity contribution in [3.05, 3.63) is 28.9 Å². The molecule has 2 rings (SSSR count). The number of H-pyrrole nitrogens is 1. The molecule has 7 heteroatoms. The molecule has 0 saturated carbocycles. The molecule has 1 aromatic carbocycles. The first-order valence-corrected chi connectivity index (χ1v) is 6.30. The molecule has 0 saturated heterocycles. The van der Waals surface area contributed by atoms with E-state index >= 15 is 0 Å². The van der Waals surface area contributed by atoms with Crippen LogP contribution in [0.4, 0.5) is 0 Å². The molecule has 5 nitrogen and oxygen atoms in total. The van der Waals surface area contributed by atoms with Crippen molar-refractivity contribution >= 4 is 34.7 Å². The van der Waals surface area contributed by atoms with Gasteiger partial charge in [0.05, 0.1) is 4.47 Å². The fraction of sp³-hybridized carbons (Fsp3) is 0. The summed E-state index contributed by atoms with van der Waals surface area (Å²) in [6.45, 7) is 0. The van der Waals surface area contributed by atoms with Crippen LogP contribution in [0.5, 0.6) is 5.75 Å². The molecule has 0 amide bonds. The molecule has 0 radical (unpaired) electrons. The predicted octanol–water partition coefficient (Wildman–Crippen LogP) is 2.40. The standard InChI is InChI=1S/C8H7BrNO4P/c9-6-1-2-7-5(3-4-10-7)8(6)14-15(11,12)13/h1-4,10H,(H2,11,12,13). The summed E-state index contributed by atoms with van der Waals surface area (Å²) in [6.07, 6.45) is 1.67. The van der Waals surface area contributed by atoms with Crippen molar-refractivity contribution in [2.45, 2.75) is 0 Å². The van der Waals surface area contributed by atoms with Crippen molar-refractivity contribution in [3.8, 4) is 5.75 Å². The van der Waals surface area contributed by atoms with Crippen LogP contribution in [-0.4, -0.2) is 14.8 Å². The minimum atomic E-state index is -4.54. The third-order valence-electron chi connectivity index (χ3n) is 1.85. The highest BCUT2D eigenvalue weighted by atomic mass is 79.9. The van der Waals surface area contributed by atoms with Gasteiger partial charge in [0.2, 0.25) is 0 Å². The first-order valence-electron chi connectivity index (χ1n) is 3.98. The van der Waals surface area contributed by atoms with E-state index in [4.69, 9.17) is 9.79 Å². The fourth-order valence-corrected chi connectivity index (χ4v) is 2.28. The van der Waals surface area contributed by atoms with Crippen LogP contribution >= 0.6 is 23.8 Å². The number of aromatic nitrogens is 1. The largest absolute Gasteiger partial charge is 0.524 e. The summed E-state index contributed by atoms with van der Waals surface area (Å²) < 4.78 is 15.9. The highest BCUT2D eigenvalue weighted by molar-refractivity contribution is 9.10. The highest BCUT2D eigenvalue weighted by Gasteiger charge is 2.20. The lowest BCUT2D eigenvalue weighted by Crippen LogP contribution is -1.91. The number of benzene rings is 1. The van der Waals surface area contributed by atoms with E-state index < -0.39 is 7.82 Å². The Morgan fingerprint density at radius 1 is 1.33 bits per heavy atom. The molecule has 0 aliphatic carbocycles. The molecule has 0 fully saturated rings. The second-order valence-corrected chi connectivity index (χ2v) is 4.92. The average molecular weight is 292 g/mol. The van der Waals surface area contributed by atoms with Gasteiger partial charge in [0, 0.05) is 17.1 Å². The molecule has 0 bridgehead atoms. The summed E-state index contributed by atoms with van der Waals surface area (Å²) in [4.78, 5) is 20.4. The van der Waals surface area contributed by atoms with Crippen molar-refractivity contribution in [2.24, 2.45) is 0 Å². The summed E-state index contributed by atoms with van der Waals surface area (Å²) in [5, 5.41) is 0.618.